The average molecular weight is 272 g/mol. The molecule has 0 saturated carbocycles. The van der Waals surface area contributed by atoms with Crippen LogP contribution in [0.4, 0.5) is 0 Å². The molecule has 2 aromatic heterocycles. The molecule has 3 rings (SSSR count). The zero-order valence-electron chi connectivity index (χ0n) is 10.5. The van der Waals surface area contributed by atoms with Crippen LogP contribution in [-0.2, 0) is 0 Å². The van der Waals surface area contributed by atoms with Crippen molar-refractivity contribution in [2.75, 3.05) is 0 Å². The summed E-state index contributed by atoms with van der Waals surface area (Å²) < 4.78 is 1.93. The summed E-state index contributed by atoms with van der Waals surface area (Å²) in [7, 11) is 0. The smallest absolute Gasteiger partial charge is 0.137 e. The van der Waals surface area contributed by atoms with Gasteiger partial charge in [0.05, 0.1) is 10.7 Å². The van der Waals surface area contributed by atoms with Crippen LogP contribution in [0, 0.1) is 0 Å². The molecule has 0 saturated heterocycles. The van der Waals surface area contributed by atoms with Crippen LogP contribution in [-0.4, -0.2) is 9.38 Å². The van der Waals surface area contributed by atoms with E-state index in [1.54, 1.807) is 0 Å². The van der Waals surface area contributed by atoms with E-state index in [1.807, 2.05) is 60.1 Å². The summed E-state index contributed by atoms with van der Waals surface area (Å²) in [5, 5.41) is 0.698. The van der Waals surface area contributed by atoms with Gasteiger partial charge in [-0.25, -0.2) is 4.98 Å². The van der Waals surface area contributed by atoms with Gasteiger partial charge in [-0.3, -0.25) is 0 Å². The third-order valence-corrected chi connectivity index (χ3v) is 3.37. The number of hydrogen-bond acceptors (Lipinski definition) is 2. The van der Waals surface area contributed by atoms with Crippen LogP contribution in [0.2, 0.25) is 5.02 Å². The number of nitrogens with two attached hydrogens (primary N) is 1. The number of benzene rings is 1. The number of aromatic nitrogens is 2. The van der Waals surface area contributed by atoms with Gasteiger partial charge in [-0.15, -0.1) is 0 Å². The van der Waals surface area contributed by atoms with E-state index >= 15 is 0 Å². The molecular formula is C15H14ClN3. The lowest BCUT2D eigenvalue weighted by Crippen LogP contribution is -2.04. The van der Waals surface area contributed by atoms with Gasteiger partial charge in [-0.2, -0.15) is 0 Å². The first-order chi connectivity index (χ1) is 9.13. The average Bonchev–Trinajstić information content (AvgIpc) is 2.81. The molecule has 0 amide bonds. The van der Waals surface area contributed by atoms with E-state index in [9.17, 15) is 0 Å². The molecule has 1 unspecified atom stereocenters. The Labute approximate surface area is 116 Å². The third-order valence-electron chi connectivity index (χ3n) is 3.15. The SMILES string of the molecule is CC(N)c1ccc(-c2cn3cc(Cl)ccc3n2)cc1. The first-order valence-corrected chi connectivity index (χ1v) is 6.51. The Morgan fingerprint density at radius 2 is 1.84 bits per heavy atom. The van der Waals surface area contributed by atoms with Gasteiger partial charge in [0.1, 0.15) is 5.65 Å². The van der Waals surface area contributed by atoms with E-state index in [-0.39, 0.29) is 6.04 Å². The summed E-state index contributed by atoms with van der Waals surface area (Å²) in [4.78, 5) is 4.57. The summed E-state index contributed by atoms with van der Waals surface area (Å²) >= 11 is 5.97. The number of fused-ring (bicyclic) bond motifs is 1. The highest BCUT2D eigenvalue weighted by molar-refractivity contribution is 6.30. The minimum Gasteiger partial charge on any atom is -0.324 e. The van der Waals surface area contributed by atoms with Crippen LogP contribution in [0.1, 0.15) is 18.5 Å². The molecule has 0 bridgehead atoms. The predicted octanol–water partition coefficient (Wildman–Crippen LogP) is 3.67. The molecule has 19 heavy (non-hydrogen) atoms. The maximum Gasteiger partial charge on any atom is 0.137 e. The van der Waals surface area contributed by atoms with Gasteiger partial charge >= 0.3 is 0 Å². The fraction of sp³-hybridized carbons (Fsp3) is 0.133. The molecule has 0 radical (unpaired) electrons. The standard InChI is InChI=1S/C15H14ClN3/c1-10(17)11-2-4-12(5-3-11)14-9-19-8-13(16)6-7-15(19)18-14/h2-10H,17H2,1H3. The van der Waals surface area contributed by atoms with E-state index in [0.29, 0.717) is 5.02 Å². The summed E-state index contributed by atoms with van der Waals surface area (Å²) in [6, 6.07) is 12.0. The fourth-order valence-electron chi connectivity index (χ4n) is 2.06. The molecule has 0 fully saturated rings. The van der Waals surface area contributed by atoms with Crippen molar-refractivity contribution in [1.29, 1.82) is 0 Å². The largest absolute Gasteiger partial charge is 0.324 e. The Hall–Kier alpha value is -1.84. The van der Waals surface area contributed by atoms with Crippen molar-refractivity contribution in [2.45, 2.75) is 13.0 Å². The van der Waals surface area contributed by atoms with Crippen LogP contribution in [0.5, 0.6) is 0 Å². The fourth-order valence-corrected chi connectivity index (χ4v) is 2.23. The summed E-state index contributed by atoms with van der Waals surface area (Å²) in [6.45, 7) is 1.97. The van der Waals surface area contributed by atoms with Gasteiger partial charge in [0.15, 0.2) is 0 Å². The van der Waals surface area contributed by atoms with Crippen LogP contribution >= 0.6 is 11.6 Å². The minimum atomic E-state index is 0.0499. The molecule has 2 N–H and O–H groups in total. The number of rotatable bonds is 2. The normalized spacial score (nSPS) is 12.8. The van der Waals surface area contributed by atoms with E-state index < -0.39 is 0 Å². The van der Waals surface area contributed by atoms with Crippen molar-refractivity contribution in [3.05, 3.63) is 59.4 Å². The van der Waals surface area contributed by atoms with Gasteiger partial charge in [-0.05, 0) is 24.6 Å². The Morgan fingerprint density at radius 1 is 1.11 bits per heavy atom. The van der Waals surface area contributed by atoms with Gasteiger partial charge in [0.2, 0.25) is 0 Å². The molecule has 3 aromatic rings. The second-order valence-corrected chi connectivity index (χ2v) is 5.09. The Balaban J connectivity index is 2.03. The predicted molar refractivity (Wildman–Crippen MR) is 78.2 cm³/mol. The molecule has 1 aromatic carbocycles. The summed E-state index contributed by atoms with van der Waals surface area (Å²) in [5.41, 5.74) is 9.85. The first-order valence-electron chi connectivity index (χ1n) is 6.13. The molecule has 1 atom stereocenters. The molecule has 4 heteroatoms. The van der Waals surface area contributed by atoms with Crippen molar-refractivity contribution in [3.63, 3.8) is 0 Å². The van der Waals surface area contributed by atoms with Crippen LogP contribution < -0.4 is 5.73 Å². The second-order valence-electron chi connectivity index (χ2n) is 4.65. The molecule has 0 spiro atoms. The van der Waals surface area contributed by atoms with E-state index in [2.05, 4.69) is 4.98 Å². The number of halogens is 1. The molecule has 2 heterocycles. The second kappa shape index (κ2) is 4.68. The van der Waals surface area contributed by atoms with Gasteiger partial charge in [0, 0.05) is 24.0 Å². The van der Waals surface area contributed by atoms with E-state index in [1.165, 1.54) is 0 Å². The highest BCUT2D eigenvalue weighted by Gasteiger charge is 2.05. The van der Waals surface area contributed by atoms with Gasteiger partial charge in [0.25, 0.3) is 0 Å². The van der Waals surface area contributed by atoms with Crippen molar-refractivity contribution in [1.82, 2.24) is 9.38 Å². The van der Waals surface area contributed by atoms with Crippen molar-refractivity contribution < 1.29 is 0 Å². The van der Waals surface area contributed by atoms with Gasteiger partial charge < -0.3 is 10.1 Å². The highest BCUT2D eigenvalue weighted by Crippen LogP contribution is 2.22. The first kappa shape index (κ1) is 12.2. The molecule has 3 nitrogen and oxygen atoms in total. The Bertz CT molecular complexity index is 714. The summed E-state index contributed by atoms with van der Waals surface area (Å²) in [5.74, 6) is 0. The van der Waals surface area contributed by atoms with Crippen molar-refractivity contribution in [2.24, 2.45) is 5.73 Å². The lowest BCUT2D eigenvalue weighted by molar-refractivity contribution is 0.818. The van der Waals surface area contributed by atoms with E-state index in [0.717, 1.165) is 22.5 Å². The molecule has 0 aliphatic rings. The lowest BCUT2D eigenvalue weighted by atomic mass is 10.1. The van der Waals surface area contributed by atoms with Crippen LogP contribution in [0.15, 0.2) is 48.8 Å². The van der Waals surface area contributed by atoms with Crippen molar-refractivity contribution in [3.8, 4) is 11.3 Å². The topological polar surface area (TPSA) is 43.3 Å². The molecule has 0 aliphatic heterocycles. The number of hydrogen-bond donors (Lipinski definition) is 1. The maximum atomic E-state index is 5.97. The quantitative estimate of drug-likeness (QED) is 0.773. The number of pyridine rings is 1. The zero-order chi connectivity index (χ0) is 13.4. The summed E-state index contributed by atoms with van der Waals surface area (Å²) in [6.07, 6.45) is 3.83. The maximum absolute atomic E-state index is 5.97. The Morgan fingerprint density at radius 3 is 2.53 bits per heavy atom. The minimum absolute atomic E-state index is 0.0499. The zero-order valence-corrected chi connectivity index (χ0v) is 11.3. The number of nitrogens with zero attached hydrogens (tertiary/aromatic N) is 2. The highest BCUT2D eigenvalue weighted by atomic mass is 35.5. The van der Waals surface area contributed by atoms with Crippen molar-refractivity contribution >= 4 is 17.2 Å². The molecule has 0 aliphatic carbocycles. The number of imidazole rings is 1. The van der Waals surface area contributed by atoms with E-state index in [4.69, 9.17) is 17.3 Å². The molecule has 96 valence electrons. The van der Waals surface area contributed by atoms with Gasteiger partial charge in [-0.1, -0.05) is 35.9 Å². The third kappa shape index (κ3) is 2.35. The monoisotopic (exact) mass is 271 g/mol. The van der Waals surface area contributed by atoms with Crippen LogP contribution in [0.3, 0.4) is 0 Å². The lowest BCUT2D eigenvalue weighted by Gasteiger charge is -2.05. The molecular weight excluding hydrogens is 258 g/mol. The van der Waals surface area contributed by atoms with Crippen LogP contribution in [0.25, 0.3) is 16.9 Å². The Kier molecular flexibility index (Phi) is 3.01.